The third kappa shape index (κ3) is 4.10. The van der Waals surface area contributed by atoms with Gasteiger partial charge in [-0.2, -0.15) is 0 Å². The van der Waals surface area contributed by atoms with Crippen LogP contribution in [0.1, 0.15) is 0 Å². The molecule has 0 atom stereocenters. The van der Waals surface area contributed by atoms with Crippen LogP contribution in [0.25, 0.3) is 0 Å². The number of hydrogen-bond donors (Lipinski definition) is 2. The normalized spacial score (nSPS) is 10.1. The van der Waals surface area contributed by atoms with E-state index in [1.165, 1.54) is 6.33 Å². The molecule has 2 N–H and O–H groups in total. The molecule has 0 aliphatic carbocycles. The topological polar surface area (TPSA) is 68.3 Å². The number of anilines is 3. The van der Waals surface area contributed by atoms with Gasteiger partial charge in [-0.15, -0.1) is 0 Å². The van der Waals surface area contributed by atoms with Crippen LogP contribution in [0, 0.1) is 0 Å². The summed E-state index contributed by atoms with van der Waals surface area (Å²) >= 11 is 0. The lowest BCUT2D eigenvalue weighted by atomic mass is 10.3. The number of hydrogen-bond acceptors (Lipinski definition) is 6. The van der Waals surface area contributed by atoms with Crippen LogP contribution < -0.4 is 15.4 Å². The molecule has 0 unspecified atom stereocenters. The Morgan fingerprint density at radius 1 is 1.05 bits per heavy atom. The second-order valence-electron chi connectivity index (χ2n) is 4.06. The molecule has 1 heterocycles. The van der Waals surface area contributed by atoms with Crippen molar-refractivity contribution < 1.29 is 9.47 Å². The number of aromatic nitrogens is 2. The van der Waals surface area contributed by atoms with Crippen molar-refractivity contribution in [2.75, 3.05) is 38.0 Å². The highest BCUT2D eigenvalue weighted by atomic mass is 16.5. The van der Waals surface area contributed by atoms with E-state index in [9.17, 15) is 0 Å². The van der Waals surface area contributed by atoms with Crippen LogP contribution >= 0.6 is 0 Å². The SMILES string of the molecule is COCCNc1cc(Nc2ccc(OC)cc2)ncn1. The summed E-state index contributed by atoms with van der Waals surface area (Å²) in [4.78, 5) is 8.32. The van der Waals surface area contributed by atoms with Gasteiger partial charge in [0.05, 0.1) is 13.7 Å². The van der Waals surface area contributed by atoms with Crippen molar-refractivity contribution in [2.24, 2.45) is 0 Å². The molecule has 0 fully saturated rings. The molecule has 0 saturated carbocycles. The van der Waals surface area contributed by atoms with E-state index in [1.54, 1.807) is 14.2 Å². The second-order valence-corrected chi connectivity index (χ2v) is 4.06. The number of methoxy groups -OCH3 is 2. The first-order valence-electron chi connectivity index (χ1n) is 6.28. The number of rotatable bonds is 7. The summed E-state index contributed by atoms with van der Waals surface area (Å²) in [6.07, 6.45) is 1.51. The largest absolute Gasteiger partial charge is 0.497 e. The van der Waals surface area contributed by atoms with Crippen molar-refractivity contribution in [2.45, 2.75) is 0 Å². The van der Waals surface area contributed by atoms with Gasteiger partial charge in [-0.3, -0.25) is 0 Å². The number of nitrogens with one attached hydrogen (secondary N) is 2. The van der Waals surface area contributed by atoms with Gasteiger partial charge in [0.1, 0.15) is 23.7 Å². The molecule has 2 aromatic rings. The summed E-state index contributed by atoms with van der Waals surface area (Å²) in [5, 5.41) is 6.36. The Hall–Kier alpha value is -2.34. The lowest BCUT2D eigenvalue weighted by molar-refractivity contribution is 0.210. The maximum absolute atomic E-state index is 5.12. The van der Waals surface area contributed by atoms with E-state index in [0.717, 1.165) is 23.1 Å². The van der Waals surface area contributed by atoms with Crippen molar-refractivity contribution in [3.63, 3.8) is 0 Å². The van der Waals surface area contributed by atoms with Gasteiger partial charge in [-0.25, -0.2) is 9.97 Å². The Morgan fingerprint density at radius 3 is 2.50 bits per heavy atom. The molecule has 1 aromatic heterocycles. The monoisotopic (exact) mass is 274 g/mol. The Balaban J connectivity index is 1.99. The molecule has 0 bridgehead atoms. The molecule has 106 valence electrons. The van der Waals surface area contributed by atoms with E-state index in [4.69, 9.17) is 9.47 Å². The average Bonchev–Trinajstić information content (AvgIpc) is 2.49. The summed E-state index contributed by atoms with van der Waals surface area (Å²) in [6, 6.07) is 9.49. The fourth-order valence-corrected chi connectivity index (χ4v) is 1.63. The highest BCUT2D eigenvalue weighted by molar-refractivity contribution is 5.59. The molecule has 1 aromatic carbocycles. The Kier molecular flexibility index (Phi) is 5.14. The van der Waals surface area contributed by atoms with Crippen molar-refractivity contribution in [3.8, 4) is 5.75 Å². The van der Waals surface area contributed by atoms with Crippen LogP contribution in [0.4, 0.5) is 17.3 Å². The number of nitrogens with zero attached hydrogens (tertiary/aromatic N) is 2. The zero-order valence-electron chi connectivity index (χ0n) is 11.6. The third-order valence-corrected chi connectivity index (χ3v) is 2.64. The summed E-state index contributed by atoms with van der Waals surface area (Å²) in [5.41, 5.74) is 0.937. The van der Waals surface area contributed by atoms with Crippen molar-refractivity contribution in [3.05, 3.63) is 36.7 Å². The molecule has 20 heavy (non-hydrogen) atoms. The highest BCUT2D eigenvalue weighted by Crippen LogP contribution is 2.19. The van der Waals surface area contributed by atoms with Crippen molar-refractivity contribution in [1.82, 2.24) is 9.97 Å². The molecule has 6 nitrogen and oxygen atoms in total. The predicted molar refractivity (Wildman–Crippen MR) is 78.7 cm³/mol. The summed E-state index contributed by atoms with van der Waals surface area (Å²) in [7, 11) is 3.31. The molecule has 0 radical (unpaired) electrons. The fraction of sp³-hybridized carbons (Fsp3) is 0.286. The molecular weight excluding hydrogens is 256 g/mol. The van der Waals surface area contributed by atoms with Gasteiger partial charge < -0.3 is 20.1 Å². The molecule has 0 amide bonds. The van der Waals surface area contributed by atoms with E-state index in [0.29, 0.717) is 13.2 Å². The number of ether oxygens (including phenoxy) is 2. The summed E-state index contributed by atoms with van der Waals surface area (Å²) in [5.74, 6) is 2.30. The van der Waals surface area contributed by atoms with Crippen molar-refractivity contribution >= 4 is 17.3 Å². The predicted octanol–water partition coefficient (Wildman–Crippen LogP) is 2.29. The maximum atomic E-state index is 5.12. The Morgan fingerprint density at radius 2 is 1.80 bits per heavy atom. The first kappa shape index (κ1) is 14.1. The van der Waals surface area contributed by atoms with Gasteiger partial charge in [-0.05, 0) is 24.3 Å². The molecule has 0 aliphatic heterocycles. The maximum Gasteiger partial charge on any atom is 0.135 e. The minimum atomic E-state index is 0.630. The highest BCUT2D eigenvalue weighted by Gasteiger charge is 2.00. The minimum absolute atomic E-state index is 0.630. The second kappa shape index (κ2) is 7.30. The van der Waals surface area contributed by atoms with Crippen LogP contribution in [0.5, 0.6) is 5.75 Å². The standard InChI is InChI=1S/C14H18N4O2/c1-19-8-7-15-13-9-14(17-10-16-13)18-11-3-5-12(20-2)6-4-11/h3-6,9-10H,7-8H2,1-2H3,(H2,15,16,17,18). The molecular formula is C14H18N4O2. The van der Waals surface area contributed by atoms with Gasteiger partial charge in [0, 0.05) is 25.4 Å². The van der Waals surface area contributed by atoms with Gasteiger partial charge in [0.25, 0.3) is 0 Å². The Labute approximate surface area is 118 Å². The quantitative estimate of drug-likeness (QED) is 0.755. The molecule has 0 spiro atoms. The zero-order valence-corrected chi connectivity index (χ0v) is 11.6. The first-order valence-corrected chi connectivity index (χ1v) is 6.28. The van der Waals surface area contributed by atoms with Crippen molar-refractivity contribution in [1.29, 1.82) is 0 Å². The van der Waals surface area contributed by atoms with Gasteiger partial charge in [0.2, 0.25) is 0 Å². The average molecular weight is 274 g/mol. The third-order valence-electron chi connectivity index (χ3n) is 2.64. The lowest BCUT2D eigenvalue weighted by Crippen LogP contribution is -2.09. The van der Waals surface area contributed by atoms with E-state index in [2.05, 4.69) is 20.6 Å². The number of benzene rings is 1. The first-order chi connectivity index (χ1) is 9.81. The fourth-order valence-electron chi connectivity index (χ4n) is 1.63. The van der Waals surface area contributed by atoms with Crippen LogP contribution in [0.2, 0.25) is 0 Å². The summed E-state index contributed by atoms with van der Waals surface area (Å²) < 4.78 is 10.1. The van der Waals surface area contributed by atoms with Gasteiger partial charge in [-0.1, -0.05) is 0 Å². The lowest BCUT2D eigenvalue weighted by Gasteiger charge is -2.08. The smallest absolute Gasteiger partial charge is 0.135 e. The Bertz CT molecular complexity index is 531. The molecule has 0 saturated heterocycles. The molecule has 2 rings (SSSR count). The van der Waals surface area contributed by atoms with Gasteiger partial charge >= 0.3 is 0 Å². The van der Waals surface area contributed by atoms with E-state index in [-0.39, 0.29) is 0 Å². The van der Waals surface area contributed by atoms with Crippen LogP contribution in [-0.4, -0.2) is 37.3 Å². The summed E-state index contributed by atoms with van der Waals surface area (Å²) in [6.45, 7) is 1.33. The van der Waals surface area contributed by atoms with Gasteiger partial charge in [0.15, 0.2) is 0 Å². The van der Waals surface area contributed by atoms with Crippen LogP contribution in [0.3, 0.4) is 0 Å². The zero-order chi connectivity index (χ0) is 14.2. The van der Waals surface area contributed by atoms with Crippen LogP contribution in [-0.2, 0) is 4.74 Å². The van der Waals surface area contributed by atoms with E-state index in [1.807, 2.05) is 30.3 Å². The van der Waals surface area contributed by atoms with E-state index >= 15 is 0 Å². The molecule has 6 heteroatoms. The molecule has 0 aliphatic rings. The minimum Gasteiger partial charge on any atom is -0.497 e. The van der Waals surface area contributed by atoms with E-state index < -0.39 is 0 Å². The van der Waals surface area contributed by atoms with Crippen LogP contribution in [0.15, 0.2) is 36.7 Å².